The van der Waals surface area contributed by atoms with Gasteiger partial charge in [0.2, 0.25) is 5.91 Å². The van der Waals surface area contributed by atoms with Crippen LogP contribution >= 0.6 is 0 Å². The minimum atomic E-state index is -0.504. The number of fused-ring (bicyclic) bond motifs is 1. The second kappa shape index (κ2) is 6.46. The Balaban J connectivity index is 1.58. The van der Waals surface area contributed by atoms with Gasteiger partial charge in [-0.15, -0.1) is 0 Å². The first-order valence-electron chi connectivity index (χ1n) is 8.67. The lowest BCUT2D eigenvalue weighted by Gasteiger charge is -2.31. The average molecular weight is 330 g/mol. The highest BCUT2D eigenvalue weighted by Crippen LogP contribution is 2.25. The monoisotopic (exact) mass is 330 g/mol. The zero-order valence-electron chi connectivity index (χ0n) is 14.7. The van der Waals surface area contributed by atoms with Crippen molar-refractivity contribution in [1.29, 1.82) is 0 Å². The van der Waals surface area contributed by atoms with Gasteiger partial charge in [-0.25, -0.2) is 4.79 Å². The van der Waals surface area contributed by atoms with Gasteiger partial charge in [0.1, 0.15) is 5.60 Å². The van der Waals surface area contributed by atoms with Crippen molar-refractivity contribution in [2.24, 2.45) is 5.92 Å². The highest BCUT2D eigenvalue weighted by molar-refractivity contribution is 5.81. The summed E-state index contributed by atoms with van der Waals surface area (Å²) in [7, 11) is 0. The van der Waals surface area contributed by atoms with E-state index in [0.717, 1.165) is 19.4 Å². The Morgan fingerprint density at radius 3 is 2.50 bits per heavy atom. The van der Waals surface area contributed by atoms with Crippen molar-refractivity contribution in [3.8, 4) is 0 Å². The highest BCUT2D eigenvalue weighted by Gasteiger charge is 2.36. The van der Waals surface area contributed by atoms with Gasteiger partial charge in [-0.2, -0.15) is 0 Å². The van der Waals surface area contributed by atoms with E-state index in [4.69, 9.17) is 4.74 Å². The van der Waals surface area contributed by atoms with Gasteiger partial charge in [0, 0.05) is 26.2 Å². The second-order valence-electron chi connectivity index (χ2n) is 7.69. The molecule has 0 N–H and O–H groups in total. The van der Waals surface area contributed by atoms with Crippen LogP contribution in [0.5, 0.6) is 0 Å². The van der Waals surface area contributed by atoms with E-state index < -0.39 is 5.60 Å². The molecule has 2 aliphatic rings. The summed E-state index contributed by atoms with van der Waals surface area (Å²) in [6.07, 6.45) is 1.31. The molecule has 24 heavy (non-hydrogen) atoms. The molecular formula is C19H26N2O3. The Labute approximate surface area is 143 Å². The molecule has 1 aromatic carbocycles. The van der Waals surface area contributed by atoms with E-state index in [1.54, 1.807) is 4.90 Å². The molecule has 0 radical (unpaired) electrons. The van der Waals surface area contributed by atoms with Crippen molar-refractivity contribution in [1.82, 2.24) is 9.80 Å². The number of amides is 2. The quantitative estimate of drug-likeness (QED) is 0.795. The van der Waals surface area contributed by atoms with Crippen LogP contribution in [0.3, 0.4) is 0 Å². The topological polar surface area (TPSA) is 49.9 Å². The van der Waals surface area contributed by atoms with Gasteiger partial charge in [-0.05, 0) is 44.7 Å². The molecule has 0 aromatic heterocycles. The normalized spacial score (nSPS) is 20.7. The molecular weight excluding hydrogens is 304 g/mol. The number of hydrogen-bond acceptors (Lipinski definition) is 3. The van der Waals surface area contributed by atoms with Crippen LogP contribution in [0.4, 0.5) is 4.79 Å². The molecule has 5 nitrogen and oxygen atoms in total. The lowest BCUT2D eigenvalue weighted by atomic mass is 9.98. The minimum Gasteiger partial charge on any atom is -0.444 e. The fourth-order valence-corrected chi connectivity index (χ4v) is 3.40. The fraction of sp³-hybridized carbons (Fsp3) is 0.579. The molecule has 1 aromatic rings. The van der Waals surface area contributed by atoms with Crippen LogP contribution in [0.2, 0.25) is 0 Å². The predicted molar refractivity (Wildman–Crippen MR) is 91.5 cm³/mol. The van der Waals surface area contributed by atoms with Crippen LogP contribution < -0.4 is 0 Å². The largest absolute Gasteiger partial charge is 0.444 e. The molecule has 0 spiro atoms. The molecule has 0 aliphatic carbocycles. The number of ether oxygens (including phenoxy) is 1. The van der Waals surface area contributed by atoms with Gasteiger partial charge < -0.3 is 14.5 Å². The number of benzene rings is 1. The van der Waals surface area contributed by atoms with Crippen LogP contribution in [0.25, 0.3) is 0 Å². The van der Waals surface area contributed by atoms with E-state index in [1.165, 1.54) is 11.1 Å². The minimum absolute atomic E-state index is 0.109. The number of rotatable bonds is 1. The van der Waals surface area contributed by atoms with E-state index in [-0.39, 0.29) is 17.9 Å². The summed E-state index contributed by atoms with van der Waals surface area (Å²) in [4.78, 5) is 28.6. The maximum absolute atomic E-state index is 12.8. The first kappa shape index (κ1) is 16.8. The summed E-state index contributed by atoms with van der Waals surface area (Å²) in [5.41, 5.74) is 2.07. The number of carbonyl (C=O) groups excluding carboxylic acids is 2. The molecule has 1 unspecified atom stereocenters. The SMILES string of the molecule is CC(C)(C)OC(=O)N1CCC(C(=O)N2CCc3ccccc3C2)C1. The van der Waals surface area contributed by atoms with Crippen molar-refractivity contribution in [3.05, 3.63) is 35.4 Å². The third-order valence-electron chi connectivity index (χ3n) is 4.63. The van der Waals surface area contributed by atoms with Crippen molar-refractivity contribution >= 4 is 12.0 Å². The average Bonchev–Trinajstić information content (AvgIpc) is 3.02. The Morgan fingerprint density at radius 2 is 1.79 bits per heavy atom. The number of carbonyl (C=O) groups is 2. The van der Waals surface area contributed by atoms with Crippen molar-refractivity contribution in [2.45, 2.75) is 45.8 Å². The highest BCUT2D eigenvalue weighted by atomic mass is 16.6. The molecule has 1 fully saturated rings. The Morgan fingerprint density at radius 1 is 1.08 bits per heavy atom. The summed E-state index contributed by atoms with van der Waals surface area (Å²) in [5.74, 6) is 0.0540. The standard InChI is InChI=1S/C19H26N2O3/c1-19(2,3)24-18(23)21-11-9-16(13-21)17(22)20-10-8-14-6-4-5-7-15(14)12-20/h4-7,16H,8-13H2,1-3H3. The molecule has 2 aliphatic heterocycles. The van der Waals surface area contributed by atoms with Crippen LogP contribution in [0.15, 0.2) is 24.3 Å². The first-order valence-corrected chi connectivity index (χ1v) is 8.67. The van der Waals surface area contributed by atoms with Crippen molar-refractivity contribution < 1.29 is 14.3 Å². The number of nitrogens with zero attached hydrogens (tertiary/aromatic N) is 2. The number of likely N-dealkylation sites (tertiary alicyclic amines) is 1. The number of hydrogen-bond donors (Lipinski definition) is 0. The van der Waals surface area contributed by atoms with E-state index in [1.807, 2.05) is 37.8 Å². The van der Waals surface area contributed by atoms with Crippen LogP contribution in [0, 0.1) is 5.92 Å². The van der Waals surface area contributed by atoms with E-state index >= 15 is 0 Å². The van der Waals surface area contributed by atoms with E-state index in [2.05, 4.69) is 12.1 Å². The smallest absolute Gasteiger partial charge is 0.410 e. The Kier molecular flexibility index (Phi) is 4.52. The third-order valence-corrected chi connectivity index (χ3v) is 4.63. The van der Waals surface area contributed by atoms with Crippen molar-refractivity contribution in [2.75, 3.05) is 19.6 Å². The van der Waals surface area contributed by atoms with Crippen LogP contribution in [0.1, 0.15) is 38.3 Å². The van der Waals surface area contributed by atoms with Gasteiger partial charge in [-0.1, -0.05) is 24.3 Å². The lowest BCUT2D eigenvalue weighted by molar-refractivity contribution is -0.136. The molecule has 130 valence electrons. The van der Waals surface area contributed by atoms with Gasteiger partial charge in [-0.3, -0.25) is 4.79 Å². The molecule has 2 amide bonds. The fourth-order valence-electron chi connectivity index (χ4n) is 3.40. The Hall–Kier alpha value is -2.04. The van der Waals surface area contributed by atoms with Crippen LogP contribution in [-0.4, -0.2) is 47.0 Å². The van der Waals surface area contributed by atoms with Gasteiger partial charge in [0.25, 0.3) is 0 Å². The maximum Gasteiger partial charge on any atom is 0.410 e. The lowest BCUT2D eigenvalue weighted by Crippen LogP contribution is -2.41. The molecule has 0 bridgehead atoms. The van der Waals surface area contributed by atoms with Crippen molar-refractivity contribution in [3.63, 3.8) is 0 Å². The Bertz CT molecular complexity index is 636. The molecule has 1 atom stereocenters. The summed E-state index contributed by atoms with van der Waals surface area (Å²) in [5, 5.41) is 0. The van der Waals surface area contributed by atoms with Crippen LogP contribution in [-0.2, 0) is 22.5 Å². The molecule has 2 heterocycles. The molecule has 1 saturated heterocycles. The summed E-state index contributed by atoms with van der Waals surface area (Å²) < 4.78 is 5.40. The second-order valence-corrected chi connectivity index (χ2v) is 7.69. The van der Waals surface area contributed by atoms with E-state index in [0.29, 0.717) is 19.6 Å². The molecule has 3 rings (SSSR count). The molecule has 0 saturated carbocycles. The summed E-state index contributed by atoms with van der Waals surface area (Å²) >= 11 is 0. The predicted octanol–water partition coefficient (Wildman–Crippen LogP) is 2.83. The van der Waals surface area contributed by atoms with Gasteiger partial charge in [0.05, 0.1) is 5.92 Å². The molecule has 5 heteroatoms. The maximum atomic E-state index is 12.8. The van der Waals surface area contributed by atoms with E-state index in [9.17, 15) is 9.59 Å². The summed E-state index contributed by atoms with van der Waals surface area (Å²) in [6, 6.07) is 8.30. The van der Waals surface area contributed by atoms with Gasteiger partial charge in [0.15, 0.2) is 0 Å². The van der Waals surface area contributed by atoms with Gasteiger partial charge >= 0.3 is 6.09 Å². The zero-order chi connectivity index (χ0) is 17.3. The summed E-state index contributed by atoms with van der Waals surface area (Å²) in [6.45, 7) is 8.07. The third kappa shape index (κ3) is 3.71. The first-order chi connectivity index (χ1) is 11.3. The zero-order valence-corrected chi connectivity index (χ0v) is 14.7.